The average molecular weight is 434 g/mol. The number of amides is 1. The quantitative estimate of drug-likeness (QED) is 0.567. The van der Waals surface area contributed by atoms with Gasteiger partial charge in [-0.2, -0.15) is 0 Å². The predicted octanol–water partition coefficient (Wildman–Crippen LogP) is 2.74. The highest BCUT2D eigenvalue weighted by Gasteiger charge is 2.20. The van der Waals surface area contributed by atoms with Gasteiger partial charge in [0.05, 0.1) is 16.9 Å². The zero-order valence-electron chi connectivity index (χ0n) is 15.8. The van der Waals surface area contributed by atoms with Crippen molar-refractivity contribution in [3.8, 4) is 0 Å². The van der Waals surface area contributed by atoms with Gasteiger partial charge in [0.2, 0.25) is 5.91 Å². The maximum atomic E-state index is 12.1. The Hall–Kier alpha value is -3.05. The Kier molecular flexibility index (Phi) is 5.80. The molecule has 1 aromatic carbocycles. The number of carbonyl (C=O) groups is 2. The van der Waals surface area contributed by atoms with E-state index in [2.05, 4.69) is 15.3 Å². The molecule has 0 fully saturated rings. The molecule has 3 aromatic rings. The van der Waals surface area contributed by atoms with Crippen LogP contribution >= 0.6 is 11.3 Å². The second-order valence-electron chi connectivity index (χ2n) is 5.99. The van der Waals surface area contributed by atoms with E-state index in [4.69, 9.17) is 4.74 Å². The molecular formula is C18H18N4O5S2. The molecule has 0 unspecified atom stereocenters. The van der Waals surface area contributed by atoms with Crippen LogP contribution < -0.4 is 10.0 Å². The number of aromatic nitrogens is 2. The lowest BCUT2D eigenvalue weighted by Crippen LogP contribution is -2.28. The van der Waals surface area contributed by atoms with Crippen LogP contribution in [0.5, 0.6) is 0 Å². The second kappa shape index (κ2) is 8.13. The SMILES string of the molecule is CCOC(=O)c1sc2ncnc(Nc3ccc(S(=O)(=O)NC(C)=O)cc3)c2c1C. The maximum absolute atomic E-state index is 12.1. The van der Waals surface area contributed by atoms with Crippen molar-refractivity contribution in [3.05, 3.63) is 41.0 Å². The Morgan fingerprint density at radius 3 is 2.48 bits per heavy atom. The van der Waals surface area contributed by atoms with E-state index in [9.17, 15) is 18.0 Å². The number of fused-ring (bicyclic) bond motifs is 1. The van der Waals surface area contributed by atoms with Crippen LogP contribution in [0, 0.1) is 6.92 Å². The monoisotopic (exact) mass is 434 g/mol. The highest BCUT2D eigenvalue weighted by molar-refractivity contribution is 7.90. The zero-order chi connectivity index (χ0) is 21.2. The molecule has 0 aliphatic carbocycles. The molecule has 0 spiro atoms. The summed E-state index contributed by atoms with van der Waals surface area (Å²) in [5.74, 6) is -0.593. The number of nitrogens with zero attached hydrogens (tertiary/aromatic N) is 2. The minimum absolute atomic E-state index is 0.0394. The van der Waals surface area contributed by atoms with Crippen LogP contribution in [0.2, 0.25) is 0 Å². The molecule has 2 N–H and O–H groups in total. The standard InChI is InChI=1S/C18H18N4O5S2/c1-4-27-18(24)15-10(2)14-16(19-9-20-17(14)28-15)21-12-5-7-13(8-6-12)29(25,26)22-11(3)23/h5-9H,4H2,1-3H3,(H,22,23)(H,19,20,21). The van der Waals surface area contributed by atoms with E-state index in [0.29, 0.717) is 32.2 Å². The summed E-state index contributed by atoms with van der Waals surface area (Å²) in [7, 11) is -3.90. The highest BCUT2D eigenvalue weighted by atomic mass is 32.2. The molecule has 152 valence electrons. The highest BCUT2D eigenvalue weighted by Crippen LogP contribution is 2.34. The number of rotatable bonds is 6. The molecule has 0 bridgehead atoms. The number of anilines is 2. The van der Waals surface area contributed by atoms with Gasteiger partial charge in [0.25, 0.3) is 10.0 Å². The third-order valence-corrected chi connectivity index (χ3v) is 6.52. The average Bonchev–Trinajstić information content (AvgIpc) is 2.99. The van der Waals surface area contributed by atoms with E-state index in [1.807, 2.05) is 4.72 Å². The van der Waals surface area contributed by atoms with E-state index < -0.39 is 21.9 Å². The number of esters is 1. The van der Waals surface area contributed by atoms with Gasteiger partial charge in [0.1, 0.15) is 21.9 Å². The summed E-state index contributed by atoms with van der Waals surface area (Å²) in [4.78, 5) is 32.7. The first-order valence-electron chi connectivity index (χ1n) is 8.54. The molecule has 2 aromatic heterocycles. The molecule has 0 radical (unpaired) electrons. The predicted molar refractivity (Wildman–Crippen MR) is 109 cm³/mol. The lowest BCUT2D eigenvalue weighted by molar-refractivity contribution is -0.117. The Bertz CT molecular complexity index is 1190. The lowest BCUT2D eigenvalue weighted by Gasteiger charge is -2.09. The number of ether oxygens (including phenoxy) is 1. The van der Waals surface area contributed by atoms with Crippen LogP contribution in [0.1, 0.15) is 29.1 Å². The van der Waals surface area contributed by atoms with Gasteiger partial charge >= 0.3 is 5.97 Å². The first-order chi connectivity index (χ1) is 13.7. The van der Waals surface area contributed by atoms with E-state index >= 15 is 0 Å². The van der Waals surface area contributed by atoms with Gasteiger partial charge in [-0.3, -0.25) is 4.79 Å². The third-order valence-electron chi connectivity index (χ3n) is 3.89. The molecule has 0 saturated carbocycles. The van der Waals surface area contributed by atoms with Gasteiger partial charge in [-0.1, -0.05) is 0 Å². The first-order valence-corrected chi connectivity index (χ1v) is 10.8. The summed E-state index contributed by atoms with van der Waals surface area (Å²) < 4.78 is 31.1. The van der Waals surface area contributed by atoms with E-state index in [1.165, 1.54) is 29.8 Å². The number of thiophene rings is 1. The van der Waals surface area contributed by atoms with Crippen molar-refractivity contribution in [1.29, 1.82) is 0 Å². The second-order valence-corrected chi connectivity index (χ2v) is 8.67. The molecule has 0 atom stereocenters. The van der Waals surface area contributed by atoms with E-state index in [0.717, 1.165) is 6.92 Å². The van der Waals surface area contributed by atoms with Crippen LogP contribution in [0.4, 0.5) is 11.5 Å². The number of nitrogens with one attached hydrogen (secondary N) is 2. The van der Waals surface area contributed by atoms with Crippen molar-refractivity contribution in [2.45, 2.75) is 25.7 Å². The molecule has 29 heavy (non-hydrogen) atoms. The molecule has 11 heteroatoms. The van der Waals surface area contributed by atoms with Gasteiger partial charge in [-0.05, 0) is 43.7 Å². The molecule has 2 heterocycles. The summed E-state index contributed by atoms with van der Waals surface area (Å²) in [6, 6.07) is 5.85. The Morgan fingerprint density at radius 2 is 1.86 bits per heavy atom. The largest absolute Gasteiger partial charge is 0.462 e. The van der Waals surface area contributed by atoms with Crippen molar-refractivity contribution >= 4 is 55.0 Å². The molecule has 0 aliphatic rings. The zero-order valence-corrected chi connectivity index (χ0v) is 17.5. The van der Waals surface area contributed by atoms with Crippen LogP contribution in [0.15, 0.2) is 35.5 Å². The van der Waals surface area contributed by atoms with Gasteiger partial charge < -0.3 is 10.1 Å². The van der Waals surface area contributed by atoms with Gasteiger partial charge in [-0.25, -0.2) is 27.9 Å². The van der Waals surface area contributed by atoms with Crippen LogP contribution in [0.25, 0.3) is 10.2 Å². The van der Waals surface area contributed by atoms with Crippen LogP contribution in [0.3, 0.4) is 0 Å². The van der Waals surface area contributed by atoms with Crippen LogP contribution in [-0.4, -0.2) is 36.9 Å². The number of aryl methyl sites for hydroxylation is 1. The summed E-state index contributed by atoms with van der Waals surface area (Å²) >= 11 is 1.22. The summed E-state index contributed by atoms with van der Waals surface area (Å²) in [5.41, 5.74) is 1.28. The van der Waals surface area contributed by atoms with Gasteiger partial charge in [0, 0.05) is 12.6 Å². The summed E-state index contributed by atoms with van der Waals surface area (Å²) in [6.07, 6.45) is 1.38. The van der Waals surface area contributed by atoms with Crippen molar-refractivity contribution in [1.82, 2.24) is 14.7 Å². The number of benzene rings is 1. The van der Waals surface area contributed by atoms with Crippen molar-refractivity contribution in [2.75, 3.05) is 11.9 Å². The fourth-order valence-corrected chi connectivity index (χ4v) is 4.69. The molecule has 0 saturated heterocycles. The molecule has 0 aliphatic heterocycles. The van der Waals surface area contributed by atoms with Crippen molar-refractivity contribution < 1.29 is 22.7 Å². The van der Waals surface area contributed by atoms with E-state index in [-0.39, 0.29) is 11.5 Å². The Labute approximate surface area is 171 Å². The minimum Gasteiger partial charge on any atom is -0.462 e. The number of hydrogen-bond acceptors (Lipinski definition) is 9. The molecule has 9 nitrogen and oxygen atoms in total. The fraction of sp³-hybridized carbons (Fsp3) is 0.222. The van der Waals surface area contributed by atoms with Crippen molar-refractivity contribution in [3.63, 3.8) is 0 Å². The molecule has 3 rings (SSSR count). The smallest absolute Gasteiger partial charge is 0.348 e. The number of carbonyl (C=O) groups excluding carboxylic acids is 2. The number of sulfonamides is 1. The molecule has 1 amide bonds. The summed E-state index contributed by atoms with van der Waals surface area (Å²) in [6.45, 7) is 4.94. The van der Waals surface area contributed by atoms with E-state index in [1.54, 1.807) is 26.0 Å². The maximum Gasteiger partial charge on any atom is 0.348 e. The Balaban J connectivity index is 1.92. The van der Waals surface area contributed by atoms with Gasteiger partial charge in [0.15, 0.2) is 0 Å². The summed E-state index contributed by atoms with van der Waals surface area (Å²) in [5, 5.41) is 3.80. The van der Waals surface area contributed by atoms with Gasteiger partial charge in [-0.15, -0.1) is 11.3 Å². The normalized spacial score (nSPS) is 11.3. The van der Waals surface area contributed by atoms with Crippen molar-refractivity contribution in [2.24, 2.45) is 0 Å². The molecular weight excluding hydrogens is 416 g/mol. The van der Waals surface area contributed by atoms with Crippen LogP contribution in [-0.2, 0) is 19.6 Å². The number of hydrogen-bond donors (Lipinski definition) is 2. The fourth-order valence-electron chi connectivity index (χ4n) is 2.66. The third kappa shape index (κ3) is 4.35. The topological polar surface area (TPSA) is 127 Å². The first kappa shape index (κ1) is 20.7. The minimum atomic E-state index is -3.90. The lowest BCUT2D eigenvalue weighted by atomic mass is 10.2. The Morgan fingerprint density at radius 1 is 1.17 bits per heavy atom.